The van der Waals surface area contributed by atoms with E-state index >= 15 is 0 Å². The van der Waals surface area contributed by atoms with Gasteiger partial charge in [-0.1, -0.05) is 20.8 Å². The van der Waals surface area contributed by atoms with Gasteiger partial charge in [0.1, 0.15) is 0 Å². The first kappa shape index (κ1) is 11.9. The molecule has 3 heteroatoms. The maximum atomic E-state index is 5.68. The largest absolute Gasteiger partial charge is 0.399 e. The number of hydrogen-bond donors (Lipinski definition) is 1. The van der Waals surface area contributed by atoms with Crippen LogP contribution in [0.2, 0.25) is 0 Å². The molecule has 0 heterocycles. The summed E-state index contributed by atoms with van der Waals surface area (Å²) in [5.41, 5.74) is 6.48. The lowest BCUT2D eigenvalue weighted by atomic mass is 10.2. The van der Waals surface area contributed by atoms with Crippen molar-refractivity contribution >= 4 is 33.4 Å². The minimum atomic E-state index is 0.620. The van der Waals surface area contributed by atoms with Crippen LogP contribution in [0.15, 0.2) is 27.6 Å². The highest BCUT2D eigenvalue weighted by molar-refractivity contribution is 9.10. The summed E-state index contributed by atoms with van der Waals surface area (Å²) in [6, 6.07) is 5.97. The zero-order chi connectivity index (χ0) is 10.7. The van der Waals surface area contributed by atoms with Gasteiger partial charge in [-0.25, -0.2) is 0 Å². The molecule has 0 radical (unpaired) electrons. The van der Waals surface area contributed by atoms with Crippen molar-refractivity contribution in [2.24, 2.45) is 5.92 Å². The van der Waals surface area contributed by atoms with Crippen molar-refractivity contribution in [1.82, 2.24) is 0 Å². The Morgan fingerprint density at radius 3 is 2.43 bits per heavy atom. The molecule has 0 saturated carbocycles. The van der Waals surface area contributed by atoms with E-state index in [1.54, 1.807) is 0 Å². The molecule has 1 nitrogen and oxygen atoms in total. The number of nitrogens with two attached hydrogens (primary N) is 1. The van der Waals surface area contributed by atoms with E-state index in [9.17, 15) is 0 Å². The lowest BCUT2D eigenvalue weighted by Gasteiger charge is -2.15. The molecule has 0 amide bonds. The highest BCUT2D eigenvalue weighted by atomic mass is 79.9. The number of benzene rings is 1. The van der Waals surface area contributed by atoms with Crippen molar-refractivity contribution in [3.63, 3.8) is 0 Å². The topological polar surface area (TPSA) is 26.0 Å². The Morgan fingerprint density at radius 1 is 1.29 bits per heavy atom. The van der Waals surface area contributed by atoms with Gasteiger partial charge in [0.05, 0.1) is 0 Å². The predicted molar refractivity (Wildman–Crippen MR) is 68.7 cm³/mol. The van der Waals surface area contributed by atoms with Crippen LogP contribution in [-0.4, -0.2) is 5.25 Å². The Hall–Kier alpha value is -0.150. The van der Waals surface area contributed by atoms with Crippen LogP contribution in [0.5, 0.6) is 0 Å². The third-order valence-electron chi connectivity index (χ3n) is 2.21. The summed E-state index contributed by atoms with van der Waals surface area (Å²) in [4.78, 5) is 1.26. The van der Waals surface area contributed by atoms with E-state index in [2.05, 4.69) is 42.8 Å². The molecule has 0 aliphatic carbocycles. The average Bonchev–Trinajstić information content (AvgIpc) is 2.09. The van der Waals surface area contributed by atoms with E-state index in [0.717, 1.165) is 10.2 Å². The third kappa shape index (κ3) is 3.21. The third-order valence-corrected chi connectivity index (χ3v) is 4.65. The highest BCUT2D eigenvalue weighted by Crippen LogP contribution is 2.34. The molecule has 0 bridgehead atoms. The fraction of sp³-hybridized carbons (Fsp3) is 0.455. The Morgan fingerprint density at radius 2 is 1.93 bits per heavy atom. The number of halogens is 1. The molecular weight excluding hydrogens is 258 g/mol. The van der Waals surface area contributed by atoms with Crippen LogP contribution < -0.4 is 5.73 Å². The molecule has 0 aliphatic rings. The van der Waals surface area contributed by atoms with Gasteiger partial charge in [-0.05, 0) is 40.0 Å². The van der Waals surface area contributed by atoms with Gasteiger partial charge < -0.3 is 5.73 Å². The summed E-state index contributed by atoms with van der Waals surface area (Å²) < 4.78 is 1.09. The SMILES string of the molecule is CC(C)C(C)Sc1ccc(N)cc1Br. The van der Waals surface area contributed by atoms with E-state index in [-0.39, 0.29) is 0 Å². The first-order valence-electron chi connectivity index (χ1n) is 4.72. The Bertz CT molecular complexity index is 312. The van der Waals surface area contributed by atoms with E-state index in [1.165, 1.54) is 4.90 Å². The number of rotatable bonds is 3. The molecular formula is C11H16BrNS. The van der Waals surface area contributed by atoms with Crippen molar-refractivity contribution < 1.29 is 0 Å². The second-order valence-electron chi connectivity index (χ2n) is 3.76. The molecule has 14 heavy (non-hydrogen) atoms. The number of nitrogen functional groups attached to an aromatic ring is 1. The van der Waals surface area contributed by atoms with Gasteiger partial charge in [0.25, 0.3) is 0 Å². The molecule has 1 aromatic rings. The van der Waals surface area contributed by atoms with Crippen molar-refractivity contribution in [1.29, 1.82) is 0 Å². The Balaban J connectivity index is 2.77. The van der Waals surface area contributed by atoms with Crippen LogP contribution in [0.4, 0.5) is 5.69 Å². The molecule has 0 fully saturated rings. The van der Waals surface area contributed by atoms with Crippen LogP contribution in [0.1, 0.15) is 20.8 Å². The van der Waals surface area contributed by atoms with Crippen LogP contribution >= 0.6 is 27.7 Å². The summed E-state index contributed by atoms with van der Waals surface area (Å²) >= 11 is 5.41. The lowest BCUT2D eigenvalue weighted by molar-refractivity contribution is 0.642. The Labute approximate surface area is 98.6 Å². The number of thioether (sulfide) groups is 1. The van der Waals surface area contributed by atoms with Crippen molar-refractivity contribution in [2.45, 2.75) is 30.9 Å². The van der Waals surface area contributed by atoms with Gasteiger partial charge >= 0.3 is 0 Å². The van der Waals surface area contributed by atoms with Crippen LogP contribution in [-0.2, 0) is 0 Å². The fourth-order valence-electron chi connectivity index (χ4n) is 0.949. The van der Waals surface area contributed by atoms with E-state index in [0.29, 0.717) is 11.2 Å². The molecule has 0 aromatic heterocycles. The van der Waals surface area contributed by atoms with Gasteiger partial charge in [0, 0.05) is 20.3 Å². The minimum absolute atomic E-state index is 0.620. The van der Waals surface area contributed by atoms with E-state index in [1.807, 2.05) is 23.9 Å². The molecule has 0 spiro atoms. The van der Waals surface area contributed by atoms with Crippen LogP contribution in [0.25, 0.3) is 0 Å². The molecule has 1 atom stereocenters. The fourth-order valence-corrected chi connectivity index (χ4v) is 2.62. The minimum Gasteiger partial charge on any atom is -0.399 e. The second kappa shape index (κ2) is 5.08. The lowest BCUT2D eigenvalue weighted by Crippen LogP contribution is -2.05. The van der Waals surface area contributed by atoms with Crippen molar-refractivity contribution in [3.05, 3.63) is 22.7 Å². The summed E-state index contributed by atoms with van der Waals surface area (Å²) in [5.74, 6) is 0.685. The monoisotopic (exact) mass is 273 g/mol. The Kier molecular flexibility index (Phi) is 4.32. The summed E-state index contributed by atoms with van der Waals surface area (Å²) in [5, 5.41) is 0.620. The molecule has 78 valence electrons. The quantitative estimate of drug-likeness (QED) is 0.661. The number of anilines is 1. The van der Waals surface area contributed by atoms with Crippen LogP contribution in [0.3, 0.4) is 0 Å². The molecule has 1 unspecified atom stereocenters. The molecule has 0 saturated heterocycles. The second-order valence-corrected chi connectivity index (χ2v) is 6.03. The normalized spacial score (nSPS) is 13.2. The zero-order valence-corrected chi connectivity index (χ0v) is 11.2. The average molecular weight is 274 g/mol. The molecule has 1 aromatic carbocycles. The van der Waals surface area contributed by atoms with Gasteiger partial charge in [-0.15, -0.1) is 11.8 Å². The highest BCUT2D eigenvalue weighted by Gasteiger charge is 2.10. The van der Waals surface area contributed by atoms with Gasteiger partial charge in [-0.3, -0.25) is 0 Å². The van der Waals surface area contributed by atoms with E-state index in [4.69, 9.17) is 5.73 Å². The maximum absolute atomic E-state index is 5.68. The smallest absolute Gasteiger partial charge is 0.0331 e. The van der Waals surface area contributed by atoms with Crippen molar-refractivity contribution in [3.8, 4) is 0 Å². The predicted octanol–water partition coefficient (Wildman–Crippen LogP) is 4.17. The van der Waals surface area contributed by atoms with Gasteiger partial charge in [0.2, 0.25) is 0 Å². The van der Waals surface area contributed by atoms with Gasteiger partial charge in [-0.2, -0.15) is 0 Å². The molecule has 0 aliphatic heterocycles. The first-order chi connectivity index (χ1) is 6.50. The maximum Gasteiger partial charge on any atom is 0.0331 e. The molecule has 2 N–H and O–H groups in total. The first-order valence-corrected chi connectivity index (χ1v) is 6.39. The van der Waals surface area contributed by atoms with Gasteiger partial charge in [0.15, 0.2) is 0 Å². The summed E-state index contributed by atoms with van der Waals surface area (Å²) in [7, 11) is 0. The number of hydrogen-bond acceptors (Lipinski definition) is 2. The summed E-state index contributed by atoms with van der Waals surface area (Å²) in [6.45, 7) is 6.73. The van der Waals surface area contributed by atoms with E-state index < -0.39 is 0 Å². The van der Waals surface area contributed by atoms with Crippen LogP contribution in [0, 0.1) is 5.92 Å². The summed E-state index contributed by atoms with van der Waals surface area (Å²) in [6.07, 6.45) is 0. The molecule has 1 rings (SSSR count). The zero-order valence-electron chi connectivity index (χ0n) is 8.75. The standard InChI is InChI=1S/C11H16BrNS/c1-7(2)8(3)14-11-5-4-9(13)6-10(11)12/h4-8H,13H2,1-3H3. The van der Waals surface area contributed by atoms with Crippen molar-refractivity contribution in [2.75, 3.05) is 5.73 Å².